The molecule has 0 saturated carbocycles. The van der Waals surface area contributed by atoms with Gasteiger partial charge < -0.3 is 0 Å². The number of hydrogen-bond acceptors (Lipinski definition) is 3. The number of phenolic OH excluding ortho intramolecular Hbond substituents is 1. The molecule has 0 aliphatic heterocycles. The molecule has 0 aliphatic carbocycles. The summed E-state index contributed by atoms with van der Waals surface area (Å²) in [6, 6.07) is 5.28. The zero-order valence-corrected chi connectivity index (χ0v) is 12.5. The third-order valence-corrected chi connectivity index (χ3v) is 5.06. The summed E-state index contributed by atoms with van der Waals surface area (Å²) in [5, 5.41) is 8.94. The molecule has 0 aromatic heterocycles. The van der Waals surface area contributed by atoms with Crippen LogP contribution in [0.3, 0.4) is 0 Å². The van der Waals surface area contributed by atoms with Crippen LogP contribution >= 0.6 is 0 Å². The van der Waals surface area contributed by atoms with Crippen molar-refractivity contribution >= 4 is 42.1 Å². The van der Waals surface area contributed by atoms with Gasteiger partial charge in [0, 0.05) is 21.7 Å². The molecule has 1 N–H and O–H groups in total. The van der Waals surface area contributed by atoms with Crippen LogP contribution in [0.25, 0.3) is 0 Å². The first-order valence-corrected chi connectivity index (χ1v) is 6.10. The quantitative estimate of drug-likeness (QED) is 0.710. The van der Waals surface area contributed by atoms with Crippen molar-refractivity contribution in [2.24, 2.45) is 0 Å². The molecule has 0 amide bonds. The molecule has 0 aliphatic rings. The second-order valence-corrected chi connectivity index (χ2v) is 7.73. The van der Waals surface area contributed by atoms with Gasteiger partial charge in [0.05, 0.1) is 0 Å². The van der Waals surface area contributed by atoms with E-state index in [0.717, 1.165) is 1.97 Å². The predicted octanol–water partition coefficient (Wildman–Crippen LogP) is -0.474. The fourth-order valence-corrected chi connectivity index (χ4v) is 2.44. The molecular formula is C6H5NO3SSe2Ti. The largest absolute Gasteiger partial charge is 0 e. The molecule has 0 bridgehead atoms. The van der Waals surface area contributed by atoms with Gasteiger partial charge in [-0.05, 0) is 0 Å². The van der Waals surface area contributed by atoms with Crippen LogP contribution in [-0.4, -0.2) is 47.5 Å². The summed E-state index contributed by atoms with van der Waals surface area (Å²) < 4.78 is 23.7. The van der Waals surface area contributed by atoms with Gasteiger partial charge in [0.2, 0.25) is 0 Å². The summed E-state index contributed by atoms with van der Waals surface area (Å²) in [5.41, 5.74) is 0. The normalized spacial score (nSPS) is 10.3. The van der Waals surface area contributed by atoms with E-state index in [4.69, 9.17) is 5.11 Å². The number of hydrogen-bond donors (Lipinski definition) is 1. The van der Waals surface area contributed by atoms with Gasteiger partial charge in [-0.2, -0.15) is 0 Å². The predicted molar refractivity (Wildman–Crippen MR) is 47.1 cm³/mol. The number of sulfonamides is 1. The zero-order chi connectivity index (χ0) is 10.1. The zero-order valence-electron chi connectivity index (χ0n) is 6.75. The van der Waals surface area contributed by atoms with Gasteiger partial charge in [-0.15, -0.1) is 0 Å². The molecule has 0 atom stereocenters. The van der Waals surface area contributed by atoms with Crippen molar-refractivity contribution in [1.82, 2.24) is 0 Å². The molecule has 0 radical (unpaired) electrons. The van der Waals surface area contributed by atoms with Crippen LogP contribution in [0.5, 0.6) is 5.75 Å². The van der Waals surface area contributed by atoms with Crippen LogP contribution in [0.1, 0.15) is 0 Å². The molecule has 1 aromatic rings. The number of aromatic hydroxyl groups is 1. The molecule has 0 heterocycles. The standard InChI is InChI=1S/C6H5NO3SSe2.Ti/c8-5-1-3-6(4-2-5)11(9,10)7(12)13;/h1-4,8H;. The summed E-state index contributed by atoms with van der Waals surface area (Å²) >= 11 is 4.64. The Morgan fingerprint density at radius 2 is 1.71 bits per heavy atom. The summed E-state index contributed by atoms with van der Waals surface area (Å²) in [5.74, 6) is 0.0330. The van der Waals surface area contributed by atoms with Gasteiger partial charge in [-0.1, -0.05) is 0 Å². The maximum atomic E-state index is 11.4. The number of nitrogens with zero attached hydrogens (tertiary/aromatic N) is 1. The molecule has 1 aromatic carbocycles. The van der Waals surface area contributed by atoms with E-state index in [1.54, 1.807) is 0 Å². The van der Waals surface area contributed by atoms with Gasteiger partial charge in [-0.3, -0.25) is 0 Å². The monoisotopic (exact) mass is 379 g/mol. The minimum atomic E-state index is -3.48. The van der Waals surface area contributed by atoms with E-state index >= 15 is 0 Å². The minimum Gasteiger partial charge on any atom is 0 e. The second kappa shape index (κ2) is 5.56. The van der Waals surface area contributed by atoms with Gasteiger partial charge in [0.25, 0.3) is 0 Å². The molecule has 0 spiro atoms. The first-order valence-electron chi connectivity index (χ1n) is 3.13. The van der Waals surface area contributed by atoms with Gasteiger partial charge >= 0.3 is 92.5 Å². The van der Waals surface area contributed by atoms with Crippen LogP contribution in [0.2, 0.25) is 0 Å². The summed E-state index contributed by atoms with van der Waals surface area (Å²) in [6.45, 7) is 0. The van der Waals surface area contributed by atoms with Crippen molar-refractivity contribution in [2.45, 2.75) is 4.90 Å². The van der Waals surface area contributed by atoms with Crippen molar-refractivity contribution in [3.05, 3.63) is 24.3 Å². The maximum absolute atomic E-state index is 11.4. The molecule has 1 rings (SSSR count). The Kier molecular flexibility index (Phi) is 5.77. The summed E-state index contributed by atoms with van der Waals surface area (Å²) in [4.78, 5) is 0.114. The van der Waals surface area contributed by atoms with E-state index in [-0.39, 0.29) is 32.4 Å². The average molecular weight is 377 g/mol. The van der Waals surface area contributed by atoms with Crippen molar-refractivity contribution in [3.63, 3.8) is 0 Å². The molecule has 14 heavy (non-hydrogen) atoms. The third kappa shape index (κ3) is 3.28. The first-order chi connectivity index (χ1) is 5.94. The Morgan fingerprint density at radius 3 is 2.07 bits per heavy atom. The van der Waals surface area contributed by atoms with E-state index in [1.165, 1.54) is 24.3 Å². The van der Waals surface area contributed by atoms with Crippen molar-refractivity contribution in [2.75, 3.05) is 0 Å². The average Bonchev–Trinajstić information content (AvgIpc) is 2.04. The Morgan fingerprint density at radius 1 is 1.29 bits per heavy atom. The Hall–Kier alpha value is 0.523. The van der Waals surface area contributed by atoms with Crippen molar-refractivity contribution in [1.29, 1.82) is 0 Å². The first kappa shape index (κ1) is 14.5. The second-order valence-electron chi connectivity index (χ2n) is 2.19. The van der Waals surface area contributed by atoms with E-state index in [9.17, 15) is 8.42 Å². The van der Waals surface area contributed by atoms with Crippen LogP contribution in [0.4, 0.5) is 0 Å². The fraction of sp³-hybridized carbons (Fsp3) is 0. The summed E-state index contributed by atoms with van der Waals surface area (Å²) in [7, 11) is -3.48. The van der Waals surface area contributed by atoms with Crippen LogP contribution in [-0.2, 0) is 31.7 Å². The number of benzene rings is 1. The molecule has 8 heteroatoms. The maximum Gasteiger partial charge on any atom is 0 e. The van der Waals surface area contributed by atoms with Crippen LogP contribution in [0, 0.1) is 0 Å². The van der Waals surface area contributed by atoms with Gasteiger partial charge in [0.15, 0.2) is 0 Å². The molecule has 4 nitrogen and oxygen atoms in total. The van der Waals surface area contributed by atoms with Crippen LogP contribution < -0.4 is 0 Å². The summed E-state index contributed by atoms with van der Waals surface area (Å²) in [6.07, 6.45) is 0. The van der Waals surface area contributed by atoms with E-state index in [2.05, 4.69) is 32.0 Å². The van der Waals surface area contributed by atoms with Crippen molar-refractivity contribution in [3.8, 4) is 5.75 Å². The van der Waals surface area contributed by atoms with E-state index < -0.39 is 10.0 Å². The molecule has 74 valence electrons. The Labute approximate surface area is 113 Å². The minimum absolute atomic E-state index is 0. The molecular weight excluding hydrogens is 372 g/mol. The molecule has 0 unspecified atom stereocenters. The fourth-order valence-electron chi connectivity index (χ4n) is 0.704. The van der Waals surface area contributed by atoms with E-state index in [1.807, 2.05) is 0 Å². The van der Waals surface area contributed by atoms with Gasteiger partial charge in [-0.25, -0.2) is 0 Å². The topological polar surface area (TPSA) is 57.4 Å². The van der Waals surface area contributed by atoms with Gasteiger partial charge in [0.1, 0.15) is 0 Å². The number of rotatable bonds is 2. The smallest absolute Gasteiger partial charge is 0 e. The Balaban J connectivity index is 0.00000169. The molecule has 0 fully saturated rings. The third-order valence-electron chi connectivity index (χ3n) is 1.33. The molecule has 0 saturated heterocycles. The number of phenols is 1. The van der Waals surface area contributed by atoms with Crippen LogP contribution in [0.15, 0.2) is 29.2 Å². The van der Waals surface area contributed by atoms with Crippen molar-refractivity contribution < 1.29 is 37.2 Å². The SMILES string of the molecule is O=S(=O)(c1ccc(O)cc1)[N+](=[Se])[Se-].[Ti]. The van der Waals surface area contributed by atoms with E-state index in [0.29, 0.717) is 0 Å². The Bertz CT molecular complexity index is 431.